The van der Waals surface area contributed by atoms with Crippen LogP contribution in [0.5, 0.6) is 0 Å². The van der Waals surface area contributed by atoms with E-state index in [9.17, 15) is 12.8 Å². The highest BCUT2D eigenvalue weighted by Gasteiger charge is 2.23. The molecule has 156 valence electrons. The minimum atomic E-state index is -3.90. The summed E-state index contributed by atoms with van der Waals surface area (Å²) in [4.78, 5) is 0.131. The van der Waals surface area contributed by atoms with Crippen molar-refractivity contribution in [2.24, 2.45) is 5.73 Å². The van der Waals surface area contributed by atoms with Crippen molar-refractivity contribution < 1.29 is 17.3 Å². The Morgan fingerprint density at radius 1 is 1.13 bits per heavy atom. The zero-order chi connectivity index (χ0) is 20.6. The number of halogens is 2. The van der Waals surface area contributed by atoms with E-state index in [-0.39, 0.29) is 29.4 Å². The molecule has 9 heteroatoms. The molecule has 0 saturated carbocycles. The summed E-state index contributed by atoms with van der Waals surface area (Å²) in [6.07, 6.45) is 3.13. The van der Waals surface area contributed by atoms with Crippen LogP contribution >= 0.6 is 12.4 Å². The molecule has 4 aromatic rings. The molecule has 2 N–H and O–H groups in total. The van der Waals surface area contributed by atoms with E-state index in [0.717, 1.165) is 0 Å². The van der Waals surface area contributed by atoms with Gasteiger partial charge in [-0.05, 0) is 49.4 Å². The molecule has 0 amide bonds. The lowest BCUT2D eigenvalue weighted by atomic mass is 10.1. The van der Waals surface area contributed by atoms with Gasteiger partial charge in [-0.25, -0.2) is 16.8 Å². The average molecular weight is 448 g/mol. The van der Waals surface area contributed by atoms with Crippen molar-refractivity contribution in [3.63, 3.8) is 0 Å². The number of aromatic nitrogens is 2. The normalized spacial score (nSPS) is 11.8. The van der Waals surface area contributed by atoms with Gasteiger partial charge in [-0.1, -0.05) is 23.4 Å². The van der Waals surface area contributed by atoms with Crippen LogP contribution in [0.1, 0.15) is 22.7 Å². The molecule has 30 heavy (non-hydrogen) atoms. The van der Waals surface area contributed by atoms with Crippen LogP contribution in [0.3, 0.4) is 0 Å². The van der Waals surface area contributed by atoms with Gasteiger partial charge < -0.3 is 10.3 Å². The largest absolute Gasteiger partial charge is 0.361 e. The van der Waals surface area contributed by atoms with Crippen molar-refractivity contribution in [1.82, 2.24) is 9.13 Å². The zero-order valence-corrected chi connectivity index (χ0v) is 17.6. The second-order valence-electron chi connectivity index (χ2n) is 6.55. The lowest BCUT2D eigenvalue weighted by Gasteiger charge is -2.11. The van der Waals surface area contributed by atoms with Crippen molar-refractivity contribution in [1.29, 1.82) is 0 Å². The van der Waals surface area contributed by atoms with Crippen LogP contribution in [0.25, 0.3) is 23.1 Å². The Kier molecular flexibility index (Phi) is 6.12. The maximum atomic E-state index is 14.6. The topological polar surface area (TPSA) is 91.1 Å². The molecule has 2 heterocycles. The van der Waals surface area contributed by atoms with Crippen LogP contribution in [0.4, 0.5) is 4.39 Å². The number of fused-ring (bicyclic) bond motifs is 1. The monoisotopic (exact) mass is 447 g/mol. The molecular formula is C21H19ClFN3O3S. The highest BCUT2D eigenvalue weighted by atomic mass is 35.5. The number of hydrogen-bond donors (Lipinski definition) is 1. The second kappa shape index (κ2) is 8.43. The molecule has 0 atom stereocenters. The van der Waals surface area contributed by atoms with Crippen molar-refractivity contribution in [2.45, 2.75) is 18.4 Å². The number of benzene rings is 2. The SMILES string of the molecule is Cc1cc(/C=C/c2cc3c(cc2F)cc(CN)n3S(=O)(=O)c2ccccc2)no1.Cl. The lowest BCUT2D eigenvalue weighted by molar-refractivity contribution is 0.396. The minimum Gasteiger partial charge on any atom is -0.361 e. The fourth-order valence-corrected chi connectivity index (χ4v) is 4.73. The molecule has 2 aromatic carbocycles. The molecule has 6 nitrogen and oxygen atoms in total. The summed E-state index contributed by atoms with van der Waals surface area (Å²) >= 11 is 0. The fraction of sp³-hybridized carbons (Fsp3) is 0.0952. The smallest absolute Gasteiger partial charge is 0.268 e. The van der Waals surface area contributed by atoms with Gasteiger partial charge in [0.25, 0.3) is 10.0 Å². The van der Waals surface area contributed by atoms with Crippen molar-refractivity contribution >= 4 is 45.5 Å². The molecule has 0 aliphatic heterocycles. The first-order valence-corrected chi connectivity index (χ1v) is 10.3. The van der Waals surface area contributed by atoms with E-state index in [1.807, 2.05) is 0 Å². The van der Waals surface area contributed by atoms with Crippen LogP contribution in [0.15, 0.2) is 64.0 Å². The first-order chi connectivity index (χ1) is 13.9. The Morgan fingerprint density at radius 2 is 1.87 bits per heavy atom. The molecule has 0 spiro atoms. The van der Waals surface area contributed by atoms with E-state index in [2.05, 4.69) is 5.16 Å². The van der Waals surface area contributed by atoms with Crippen molar-refractivity contribution in [3.8, 4) is 0 Å². The van der Waals surface area contributed by atoms with E-state index < -0.39 is 15.8 Å². The van der Waals surface area contributed by atoms with Gasteiger partial charge in [0.2, 0.25) is 0 Å². The Hall–Kier alpha value is -2.94. The summed E-state index contributed by atoms with van der Waals surface area (Å²) in [5.41, 5.74) is 7.28. The van der Waals surface area contributed by atoms with E-state index in [1.165, 1.54) is 34.3 Å². The van der Waals surface area contributed by atoms with Gasteiger partial charge in [0.1, 0.15) is 17.3 Å². The molecular weight excluding hydrogens is 429 g/mol. The average Bonchev–Trinajstić information content (AvgIpc) is 3.29. The highest BCUT2D eigenvalue weighted by Crippen LogP contribution is 2.28. The summed E-state index contributed by atoms with van der Waals surface area (Å²) in [5.74, 6) is 0.155. The molecule has 0 fully saturated rings. The van der Waals surface area contributed by atoms with Gasteiger partial charge in [-0.2, -0.15) is 0 Å². The first kappa shape index (κ1) is 21.8. The van der Waals surface area contributed by atoms with Gasteiger partial charge in [-0.3, -0.25) is 0 Å². The molecule has 0 radical (unpaired) electrons. The van der Waals surface area contributed by atoms with Crippen molar-refractivity contribution in [3.05, 3.63) is 83.1 Å². The number of hydrogen-bond acceptors (Lipinski definition) is 5. The molecule has 0 aliphatic carbocycles. The molecule has 0 aliphatic rings. The third-order valence-corrected chi connectivity index (χ3v) is 6.30. The second-order valence-corrected chi connectivity index (χ2v) is 8.34. The third-order valence-electron chi connectivity index (χ3n) is 4.52. The van der Waals surface area contributed by atoms with Gasteiger partial charge in [0.15, 0.2) is 0 Å². The lowest BCUT2D eigenvalue weighted by Crippen LogP contribution is -2.17. The van der Waals surface area contributed by atoms with Crippen LogP contribution in [0.2, 0.25) is 0 Å². The summed E-state index contributed by atoms with van der Waals surface area (Å²) in [7, 11) is -3.90. The van der Waals surface area contributed by atoms with Gasteiger partial charge in [0.05, 0.1) is 10.4 Å². The summed E-state index contributed by atoms with van der Waals surface area (Å²) in [6.45, 7) is 1.75. The van der Waals surface area contributed by atoms with Crippen LogP contribution in [-0.4, -0.2) is 17.5 Å². The maximum Gasteiger partial charge on any atom is 0.268 e. The standard InChI is InChI=1S/C21H18FN3O3S.ClH/c1-14-9-17(24-28-14)8-7-15-12-21-16(11-20(15)22)10-18(13-23)25(21)29(26,27)19-5-3-2-4-6-19;/h2-12H,13,23H2,1H3;1H/b8-7+;. The fourth-order valence-electron chi connectivity index (χ4n) is 3.17. The minimum absolute atomic E-state index is 0. The Labute approximate surface area is 179 Å². The Morgan fingerprint density at radius 3 is 2.50 bits per heavy atom. The Balaban J connectivity index is 0.00000256. The summed E-state index contributed by atoms with van der Waals surface area (Å²) in [6, 6.07) is 14.2. The highest BCUT2D eigenvalue weighted by molar-refractivity contribution is 7.90. The summed E-state index contributed by atoms with van der Waals surface area (Å²) < 4.78 is 47.3. The molecule has 0 bridgehead atoms. The molecule has 0 unspecified atom stereocenters. The van der Waals surface area contributed by atoms with Gasteiger partial charge in [-0.15, -0.1) is 12.4 Å². The Bertz CT molecular complexity index is 1330. The van der Waals surface area contributed by atoms with E-state index in [0.29, 0.717) is 28.1 Å². The van der Waals surface area contributed by atoms with Crippen LogP contribution < -0.4 is 5.73 Å². The van der Waals surface area contributed by atoms with Gasteiger partial charge >= 0.3 is 0 Å². The van der Waals surface area contributed by atoms with Crippen LogP contribution in [0, 0.1) is 12.7 Å². The predicted molar refractivity (Wildman–Crippen MR) is 116 cm³/mol. The molecule has 2 aromatic heterocycles. The summed E-state index contributed by atoms with van der Waals surface area (Å²) in [5, 5.41) is 4.29. The van der Waals surface area contributed by atoms with Crippen molar-refractivity contribution in [2.75, 3.05) is 0 Å². The van der Waals surface area contributed by atoms with E-state index in [4.69, 9.17) is 10.3 Å². The maximum absolute atomic E-state index is 14.6. The number of nitrogens with zero attached hydrogens (tertiary/aromatic N) is 2. The molecule has 4 rings (SSSR count). The first-order valence-electron chi connectivity index (χ1n) is 8.86. The number of nitrogens with two attached hydrogens (primary N) is 1. The number of aryl methyl sites for hydroxylation is 1. The van der Waals surface area contributed by atoms with Gasteiger partial charge in [0, 0.05) is 29.3 Å². The van der Waals surface area contributed by atoms with Crippen LogP contribution in [-0.2, 0) is 16.6 Å². The quantitative estimate of drug-likeness (QED) is 0.490. The van der Waals surface area contributed by atoms with E-state index in [1.54, 1.807) is 43.3 Å². The number of rotatable bonds is 5. The zero-order valence-electron chi connectivity index (χ0n) is 15.9. The third kappa shape index (κ3) is 3.89. The van der Waals surface area contributed by atoms with E-state index >= 15 is 0 Å². The predicted octanol–water partition coefficient (Wildman–Crippen LogP) is 4.36. The molecule has 0 saturated heterocycles.